The molecule has 0 aromatic rings. The SMILES string of the molecule is CC/C=C\C/C=C\C/C=C\C/C=C\C/C=C\C/C=C\CCCCCCCCC(=O)OCC(O)COP(=O)(O)OCC(O)COP(=O)(O)OCC(COC(=O)CCCCCCCC/C=C\C/C=C\C/C=C\C/C=C\CC)OC(=O)CCCCCC/C=C\C/C=C\C/C=C\C/C=C\CC. The lowest BCUT2D eigenvalue weighted by atomic mass is 10.1. The highest BCUT2D eigenvalue weighted by atomic mass is 31.2. The monoisotopic (exact) mass is 1390 g/mol. The van der Waals surface area contributed by atoms with Crippen LogP contribution in [-0.2, 0) is 55.8 Å². The molecule has 0 aromatic heterocycles. The second-order valence-electron chi connectivity index (χ2n) is 23.6. The van der Waals surface area contributed by atoms with Crippen molar-refractivity contribution in [2.45, 2.75) is 270 Å². The number of allylic oxidation sites excluding steroid dienone is 28. The molecule has 0 amide bonds. The van der Waals surface area contributed by atoms with Gasteiger partial charge in [0.1, 0.15) is 25.4 Å². The summed E-state index contributed by atoms with van der Waals surface area (Å²) in [7, 11) is -9.82. The molecular weight excluding hydrogens is 1270 g/mol. The van der Waals surface area contributed by atoms with Crippen molar-refractivity contribution in [3.05, 3.63) is 170 Å². The van der Waals surface area contributed by atoms with E-state index in [1.807, 2.05) is 0 Å². The van der Waals surface area contributed by atoms with Crippen LogP contribution in [0.2, 0.25) is 0 Å². The largest absolute Gasteiger partial charge is 0.472 e. The van der Waals surface area contributed by atoms with E-state index < -0.39 is 91.5 Å². The fourth-order valence-electron chi connectivity index (χ4n) is 8.97. The van der Waals surface area contributed by atoms with Gasteiger partial charge in [0.2, 0.25) is 0 Å². The van der Waals surface area contributed by atoms with Gasteiger partial charge in [0.05, 0.1) is 26.4 Å². The van der Waals surface area contributed by atoms with Gasteiger partial charge in [-0.25, -0.2) is 9.13 Å². The van der Waals surface area contributed by atoms with Crippen LogP contribution in [0.3, 0.4) is 0 Å². The van der Waals surface area contributed by atoms with E-state index in [1.54, 1.807) is 0 Å². The van der Waals surface area contributed by atoms with Gasteiger partial charge in [0.25, 0.3) is 0 Å². The number of aliphatic hydroxyl groups excluding tert-OH is 2. The van der Waals surface area contributed by atoms with E-state index in [0.717, 1.165) is 193 Å². The van der Waals surface area contributed by atoms with E-state index in [1.165, 1.54) is 0 Å². The number of unbranched alkanes of at least 4 members (excludes halogenated alkanes) is 16. The molecule has 550 valence electrons. The summed E-state index contributed by atoms with van der Waals surface area (Å²) in [6.45, 7) is 2.24. The summed E-state index contributed by atoms with van der Waals surface area (Å²) in [5, 5.41) is 20.6. The lowest BCUT2D eigenvalue weighted by Crippen LogP contribution is -2.30. The summed E-state index contributed by atoms with van der Waals surface area (Å²) in [6.07, 6.45) is 88.2. The van der Waals surface area contributed by atoms with E-state index in [4.69, 9.17) is 32.3 Å². The molecule has 0 radical (unpaired) electrons. The number of phosphoric acid groups is 2. The van der Waals surface area contributed by atoms with E-state index in [9.17, 15) is 43.5 Å². The van der Waals surface area contributed by atoms with Gasteiger partial charge in [0, 0.05) is 19.3 Å². The van der Waals surface area contributed by atoms with E-state index >= 15 is 0 Å². The zero-order valence-corrected chi connectivity index (χ0v) is 61.5. The summed E-state index contributed by atoms with van der Waals surface area (Å²) >= 11 is 0. The number of phosphoric ester groups is 2. The summed E-state index contributed by atoms with van der Waals surface area (Å²) in [5.74, 6) is -1.64. The molecule has 0 aliphatic carbocycles. The van der Waals surface area contributed by atoms with Crippen LogP contribution >= 0.6 is 15.6 Å². The van der Waals surface area contributed by atoms with Gasteiger partial charge in [0.15, 0.2) is 6.10 Å². The summed E-state index contributed by atoms with van der Waals surface area (Å²) < 4.78 is 61.0. The lowest BCUT2D eigenvalue weighted by molar-refractivity contribution is -0.161. The van der Waals surface area contributed by atoms with Gasteiger partial charge in [-0.15, -0.1) is 0 Å². The molecule has 0 saturated carbocycles. The molecule has 0 saturated heterocycles. The van der Waals surface area contributed by atoms with E-state index in [2.05, 4.69) is 191 Å². The zero-order chi connectivity index (χ0) is 70.9. The minimum Gasteiger partial charge on any atom is -0.463 e. The predicted octanol–water partition coefficient (Wildman–Crippen LogP) is 20.9. The minimum atomic E-state index is -4.95. The molecule has 18 heteroatoms. The number of carbonyl (C=O) groups is 3. The van der Waals surface area contributed by atoms with Crippen molar-refractivity contribution in [2.24, 2.45) is 0 Å². The number of carbonyl (C=O) groups excluding carboxylic acids is 3. The predicted molar refractivity (Wildman–Crippen MR) is 398 cm³/mol. The molecule has 0 fully saturated rings. The molecular formula is C79H128O16P2. The Balaban J connectivity index is 4.70. The van der Waals surface area contributed by atoms with Crippen LogP contribution < -0.4 is 0 Å². The van der Waals surface area contributed by atoms with Gasteiger partial charge in [-0.1, -0.05) is 255 Å². The van der Waals surface area contributed by atoms with Crippen LogP contribution in [0.5, 0.6) is 0 Å². The third-order valence-electron chi connectivity index (χ3n) is 14.4. The maximum Gasteiger partial charge on any atom is 0.472 e. The summed E-state index contributed by atoms with van der Waals surface area (Å²) in [5.41, 5.74) is 0. The maximum atomic E-state index is 13.0. The average molecular weight is 1400 g/mol. The standard InChI is InChI=1S/C79H128O16P2/c1-4-7-10-13-16-19-22-25-28-31-33-34-35-36-37-38-40-43-44-47-50-53-56-59-62-65-77(82)89-68-74(80)69-91-96(85,86)92-70-75(81)71-93-97(87,88)94-73-76(95-79(84)67-64-61-58-55-52-49-46-41-30-27-24-21-18-15-12-9-6-3)72-90-78(83)66-63-60-57-54-51-48-45-42-39-32-29-26-23-20-17-14-11-8-5-2/h7-12,16-21,25-30,33-34,36-37,39-40,42-43,46,49,74-76,80-81H,4-6,13-15,22-24,31-32,35,38,41,44-45,47-48,50-73H2,1-3H3,(H,85,86)(H,87,88)/b10-7-,11-8-,12-9-,19-16-,20-17-,21-18-,28-25-,29-26-,30-27-,34-33-,37-36-,42-39-,43-40-,49-46-. The number of hydrogen-bond donors (Lipinski definition) is 4. The highest BCUT2D eigenvalue weighted by Crippen LogP contribution is 2.45. The Morgan fingerprint density at radius 1 is 0.289 bits per heavy atom. The quantitative estimate of drug-likeness (QED) is 0.0146. The van der Waals surface area contributed by atoms with Crippen molar-refractivity contribution < 1.29 is 75.8 Å². The Hall–Kier alpha value is -5.09. The first-order valence-corrected chi connectivity index (χ1v) is 39.4. The fourth-order valence-corrected chi connectivity index (χ4v) is 10.6. The smallest absolute Gasteiger partial charge is 0.463 e. The molecule has 5 unspecified atom stereocenters. The van der Waals surface area contributed by atoms with Gasteiger partial charge in [-0.05, 0) is 148 Å². The molecule has 0 rings (SSSR count). The van der Waals surface area contributed by atoms with Gasteiger partial charge in [-0.2, -0.15) is 0 Å². The zero-order valence-electron chi connectivity index (χ0n) is 59.7. The Morgan fingerprint density at radius 2 is 0.515 bits per heavy atom. The molecule has 0 spiro atoms. The van der Waals surface area contributed by atoms with Crippen molar-refractivity contribution in [3.8, 4) is 0 Å². The number of rotatable bonds is 67. The summed E-state index contributed by atoms with van der Waals surface area (Å²) in [4.78, 5) is 58.5. The van der Waals surface area contributed by atoms with Crippen molar-refractivity contribution in [3.63, 3.8) is 0 Å². The Labute approximate surface area is 586 Å². The second kappa shape index (κ2) is 70.8. The third-order valence-corrected chi connectivity index (χ3v) is 16.3. The number of hydrogen-bond acceptors (Lipinski definition) is 14. The van der Waals surface area contributed by atoms with Gasteiger partial charge < -0.3 is 34.2 Å². The molecule has 0 aliphatic rings. The fraction of sp³-hybridized carbons (Fsp3) is 0.608. The minimum absolute atomic E-state index is 0.0664. The van der Waals surface area contributed by atoms with E-state index in [-0.39, 0.29) is 19.3 Å². The van der Waals surface area contributed by atoms with Crippen molar-refractivity contribution >= 4 is 33.6 Å². The Bertz CT molecular complexity index is 2440. The molecule has 16 nitrogen and oxygen atoms in total. The molecule has 0 aromatic carbocycles. The molecule has 0 heterocycles. The van der Waals surface area contributed by atoms with Crippen LogP contribution in [-0.4, -0.2) is 95.9 Å². The number of aliphatic hydroxyl groups is 2. The van der Waals surface area contributed by atoms with Crippen molar-refractivity contribution in [1.82, 2.24) is 0 Å². The Morgan fingerprint density at radius 3 is 0.814 bits per heavy atom. The van der Waals surface area contributed by atoms with Crippen molar-refractivity contribution in [2.75, 3.05) is 39.6 Å². The van der Waals surface area contributed by atoms with Crippen LogP contribution in [0.15, 0.2) is 170 Å². The first-order valence-electron chi connectivity index (χ1n) is 36.4. The first kappa shape index (κ1) is 91.9. The number of esters is 3. The topological polar surface area (TPSA) is 231 Å². The normalized spacial score (nSPS) is 15.1. The lowest BCUT2D eigenvalue weighted by Gasteiger charge is -2.21. The number of ether oxygens (including phenoxy) is 3. The molecule has 5 atom stereocenters. The third kappa shape index (κ3) is 72.0. The Kier molecular flexibility index (Phi) is 67.0. The highest BCUT2D eigenvalue weighted by molar-refractivity contribution is 7.47. The molecule has 97 heavy (non-hydrogen) atoms. The average Bonchev–Trinajstić information content (AvgIpc) is 2.50. The summed E-state index contributed by atoms with van der Waals surface area (Å²) in [6, 6.07) is 0. The molecule has 4 N–H and O–H groups in total. The second-order valence-corrected chi connectivity index (χ2v) is 26.5. The van der Waals surface area contributed by atoms with Crippen LogP contribution in [0.25, 0.3) is 0 Å². The van der Waals surface area contributed by atoms with Gasteiger partial charge >= 0.3 is 33.6 Å². The van der Waals surface area contributed by atoms with Gasteiger partial charge in [-0.3, -0.25) is 32.5 Å². The molecule has 0 aliphatic heterocycles. The van der Waals surface area contributed by atoms with Crippen molar-refractivity contribution in [1.29, 1.82) is 0 Å². The first-order chi connectivity index (χ1) is 47.2. The maximum absolute atomic E-state index is 13.0. The van der Waals surface area contributed by atoms with Crippen LogP contribution in [0, 0.1) is 0 Å². The highest BCUT2D eigenvalue weighted by Gasteiger charge is 2.29. The van der Waals surface area contributed by atoms with E-state index in [0.29, 0.717) is 19.3 Å². The van der Waals surface area contributed by atoms with Crippen LogP contribution in [0.1, 0.15) is 252 Å². The van der Waals surface area contributed by atoms with Crippen LogP contribution in [0.4, 0.5) is 0 Å². The molecule has 0 bridgehead atoms.